The molecule has 0 aliphatic carbocycles. The fourth-order valence-corrected chi connectivity index (χ4v) is 1.76. The Morgan fingerprint density at radius 2 is 1.95 bits per heavy atom. The maximum Gasteiger partial charge on any atom is 0.339 e. The number of hydrogen-bond donors (Lipinski definition) is 1. The second kappa shape index (κ2) is 8.40. The molecule has 0 spiro atoms. The summed E-state index contributed by atoms with van der Waals surface area (Å²) in [6.07, 6.45) is 4.58. The number of rotatable bonds is 9. The summed E-state index contributed by atoms with van der Waals surface area (Å²) in [5.74, 6) is 0.0314. The van der Waals surface area contributed by atoms with Gasteiger partial charge in [0, 0.05) is 6.07 Å². The van der Waals surface area contributed by atoms with Gasteiger partial charge >= 0.3 is 5.97 Å². The number of carboxylic acid groups (broad SMARTS) is 1. The van der Waals surface area contributed by atoms with Gasteiger partial charge in [0.1, 0.15) is 17.1 Å². The first-order valence-corrected chi connectivity index (χ1v) is 6.82. The molecule has 0 saturated heterocycles. The molecule has 4 nitrogen and oxygen atoms in total. The Balaban J connectivity index is 2.59. The first-order valence-electron chi connectivity index (χ1n) is 6.82. The van der Waals surface area contributed by atoms with Crippen molar-refractivity contribution in [3.63, 3.8) is 0 Å². The largest absolute Gasteiger partial charge is 0.493 e. The highest BCUT2D eigenvalue weighted by Crippen LogP contribution is 2.25. The molecule has 1 rings (SSSR count). The van der Waals surface area contributed by atoms with Crippen molar-refractivity contribution in [3.8, 4) is 11.5 Å². The van der Waals surface area contributed by atoms with Gasteiger partial charge < -0.3 is 14.6 Å². The van der Waals surface area contributed by atoms with E-state index >= 15 is 0 Å². The third-order valence-electron chi connectivity index (χ3n) is 2.75. The van der Waals surface area contributed by atoms with Crippen molar-refractivity contribution >= 4 is 5.97 Å². The molecule has 19 heavy (non-hydrogen) atoms. The van der Waals surface area contributed by atoms with E-state index in [0.29, 0.717) is 24.7 Å². The fraction of sp³-hybridized carbons (Fsp3) is 0.533. The van der Waals surface area contributed by atoms with Gasteiger partial charge in [-0.3, -0.25) is 0 Å². The summed E-state index contributed by atoms with van der Waals surface area (Å²) < 4.78 is 10.9. The Kier molecular flexibility index (Phi) is 6.79. The molecule has 1 N–H and O–H groups in total. The molecule has 0 amide bonds. The molecule has 1 aromatic carbocycles. The lowest BCUT2D eigenvalue weighted by Crippen LogP contribution is -2.04. The zero-order chi connectivity index (χ0) is 14.1. The van der Waals surface area contributed by atoms with Gasteiger partial charge in [-0.2, -0.15) is 0 Å². The van der Waals surface area contributed by atoms with E-state index in [1.165, 1.54) is 18.9 Å². The molecule has 0 atom stereocenters. The molecule has 0 aromatic heterocycles. The molecule has 1 aromatic rings. The maximum absolute atomic E-state index is 11.0. The van der Waals surface area contributed by atoms with Crippen LogP contribution in [0.1, 0.15) is 49.9 Å². The molecule has 0 fully saturated rings. The van der Waals surface area contributed by atoms with Gasteiger partial charge in [0.15, 0.2) is 0 Å². The molecule has 4 heteroatoms. The molecule has 106 valence electrons. The highest BCUT2D eigenvalue weighted by atomic mass is 16.5. The van der Waals surface area contributed by atoms with E-state index in [-0.39, 0.29) is 5.56 Å². The molecule has 0 heterocycles. The number of benzene rings is 1. The van der Waals surface area contributed by atoms with E-state index in [1.54, 1.807) is 12.1 Å². The lowest BCUT2D eigenvalue weighted by Gasteiger charge is -2.10. The summed E-state index contributed by atoms with van der Waals surface area (Å²) in [6, 6.07) is 4.84. The average Bonchev–Trinajstić information content (AvgIpc) is 2.39. The quantitative estimate of drug-likeness (QED) is 0.692. The molecule has 0 unspecified atom stereocenters. The van der Waals surface area contributed by atoms with E-state index < -0.39 is 5.97 Å². The first kappa shape index (κ1) is 15.3. The van der Waals surface area contributed by atoms with E-state index in [2.05, 4.69) is 6.92 Å². The van der Waals surface area contributed by atoms with Gasteiger partial charge in [-0.15, -0.1) is 0 Å². The second-order valence-corrected chi connectivity index (χ2v) is 4.31. The van der Waals surface area contributed by atoms with Crippen molar-refractivity contribution < 1.29 is 19.4 Å². The van der Waals surface area contributed by atoms with E-state index in [1.807, 2.05) is 6.92 Å². The summed E-state index contributed by atoms with van der Waals surface area (Å²) >= 11 is 0. The van der Waals surface area contributed by atoms with Crippen LogP contribution < -0.4 is 9.47 Å². The van der Waals surface area contributed by atoms with Gasteiger partial charge in [0.05, 0.1) is 13.2 Å². The predicted octanol–water partition coefficient (Wildman–Crippen LogP) is 3.74. The number of unbranched alkanes of at least 4 members (excludes halogenated alkanes) is 3. The SMILES string of the molecule is CCCCCCOc1ccc(C(=O)O)c(OCC)c1. The van der Waals surface area contributed by atoms with Crippen molar-refractivity contribution in [2.24, 2.45) is 0 Å². The Labute approximate surface area is 114 Å². The molecule has 0 bridgehead atoms. The van der Waals surface area contributed by atoms with Gasteiger partial charge in [-0.25, -0.2) is 4.79 Å². The van der Waals surface area contributed by atoms with E-state index in [0.717, 1.165) is 12.8 Å². The first-order chi connectivity index (χ1) is 9.19. The smallest absolute Gasteiger partial charge is 0.339 e. The summed E-state index contributed by atoms with van der Waals surface area (Å²) in [7, 11) is 0. The van der Waals surface area contributed by atoms with Crippen LogP contribution in [0.4, 0.5) is 0 Å². The number of carbonyl (C=O) groups is 1. The van der Waals surface area contributed by atoms with Crippen LogP contribution >= 0.6 is 0 Å². The van der Waals surface area contributed by atoms with E-state index in [9.17, 15) is 4.79 Å². The third-order valence-corrected chi connectivity index (χ3v) is 2.75. The van der Waals surface area contributed by atoms with Crippen LogP contribution in [0.25, 0.3) is 0 Å². The lowest BCUT2D eigenvalue weighted by molar-refractivity contribution is 0.0692. The van der Waals surface area contributed by atoms with Crippen LogP contribution in [-0.4, -0.2) is 24.3 Å². The van der Waals surface area contributed by atoms with Crippen LogP contribution in [0.5, 0.6) is 11.5 Å². The van der Waals surface area contributed by atoms with Crippen molar-refractivity contribution in [2.75, 3.05) is 13.2 Å². The number of ether oxygens (including phenoxy) is 2. The zero-order valence-electron chi connectivity index (χ0n) is 11.6. The Morgan fingerprint density at radius 1 is 1.16 bits per heavy atom. The highest BCUT2D eigenvalue weighted by molar-refractivity contribution is 5.91. The highest BCUT2D eigenvalue weighted by Gasteiger charge is 2.12. The van der Waals surface area contributed by atoms with Crippen LogP contribution in [0.2, 0.25) is 0 Å². The molecule has 0 aliphatic rings. The second-order valence-electron chi connectivity index (χ2n) is 4.31. The standard InChI is InChI=1S/C15H22O4/c1-3-5-6-7-10-19-12-8-9-13(15(16)17)14(11-12)18-4-2/h8-9,11H,3-7,10H2,1-2H3,(H,16,17). The molecular weight excluding hydrogens is 244 g/mol. The van der Waals surface area contributed by atoms with Crippen molar-refractivity contribution in [1.29, 1.82) is 0 Å². The van der Waals surface area contributed by atoms with Crippen LogP contribution in [0.15, 0.2) is 18.2 Å². The minimum atomic E-state index is -0.988. The molecule has 0 saturated carbocycles. The van der Waals surface area contributed by atoms with Gasteiger partial charge in [0.2, 0.25) is 0 Å². The third kappa shape index (κ3) is 5.20. The minimum absolute atomic E-state index is 0.167. The van der Waals surface area contributed by atoms with Crippen molar-refractivity contribution in [2.45, 2.75) is 39.5 Å². The summed E-state index contributed by atoms with van der Waals surface area (Å²) in [5.41, 5.74) is 0.167. The topological polar surface area (TPSA) is 55.8 Å². The summed E-state index contributed by atoms with van der Waals surface area (Å²) in [4.78, 5) is 11.0. The number of carboxylic acids is 1. The Hall–Kier alpha value is -1.71. The monoisotopic (exact) mass is 266 g/mol. The Bertz CT molecular complexity index is 401. The van der Waals surface area contributed by atoms with Crippen molar-refractivity contribution in [3.05, 3.63) is 23.8 Å². The zero-order valence-corrected chi connectivity index (χ0v) is 11.6. The molecular formula is C15H22O4. The number of aromatic carboxylic acids is 1. The van der Waals surface area contributed by atoms with Gasteiger partial charge in [-0.05, 0) is 25.5 Å². The number of hydrogen-bond acceptors (Lipinski definition) is 3. The average molecular weight is 266 g/mol. The van der Waals surface area contributed by atoms with E-state index in [4.69, 9.17) is 14.6 Å². The molecule has 0 radical (unpaired) electrons. The normalized spacial score (nSPS) is 10.2. The predicted molar refractivity (Wildman–Crippen MR) is 74.2 cm³/mol. The van der Waals surface area contributed by atoms with Crippen molar-refractivity contribution in [1.82, 2.24) is 0 Å². The lowest BCUT2D eigenvalue weighted by atomic mass is 10.2. The van der Waals surface area contributed by atoms with Crippen LogP contribution in [0.3, 0.4) is 0 Å². The van der Waals surface area contributed by atoms with Gasteiger partial charge in [-0.1, -0.05) is 26.2 Å². The summed E-state index contributed by atoms with van der Waals surface area (Å²) in [5, 5.41) is 9.04. The minimum Gasteiger partial charge on any atom is -0.493 e. The molecule has 0 aliphatic heterocycles. The van der Waals surface area contributed by atoms with Gasteiger partial charge in [0.25, 0.3) is 0 Å². The summed E-state index contributed by atoms with van der Waals surface area (Å²) in [6.45, 7) is 5.07. The fourth-order valence-electron chi connectivity index (χ4n) is 1.76. The van der Waals surface area contributed by atoms with Crippen LogP contribution in [-0.2, 0) is 0 Å². The maximum atomic E-state index is 11.0. The van der Waals surface area contributed by atoms with Crippen LogP contribution in [0, 0.1) is 0 Å². The Morgan fingerprint density at radius 3 is 2.58 bits per heavy atom.